The Balaban J connectivity index is 1.59. The van der Waals surface area contributed by atoms with Crippen LogP contribution in [0.25, 0.3) is 11.5 Å². The molecular formula is C21H25N3O3. The van der Waals surface area contributed by atoms with Gasteiger partial charge in [0.25, 0.3) is 0 Å². The van der Waals surface area contributed by atoms with Gasteiger partial charge in [-0.25, -0.2) is 4.98 Å². The summed E-state index contributed by atoms with van der Waals surface area (Å²) >= 11 is 0. The van der Waals surface area contributed by atoms with Crippen molar-refractivity contribution in [3.05, 3.63) is 66.4 Å². The monoisotopic (exact) mass is 367 g/mol. The van der Waals surface area contributed by atoms with Crippen molar-refractivity contribution < 1.29 is 13.6 Å². The molecule has 0 aliphatic heterocycles. The average Bonchev–Trinajstić information content (AvgIpc) is 3.38. The van der Waals surface area contributed by atoms with Crippen molar-refractivity contribution in [1.82, 2.24) is 15.2 Å². The molecule has 0 aliphatic rings. The van der Waals surface area contributed by atoms with Gasteiger partial charge >= 0.3 is 0 Å². The molecule has 0 spiro atoms. The first kappa shape index (κ1) is 18.9. The molecule has 1 amide bonds. The topological polar surface area (TPSA) is 71.5 Å². The quantitative estimate of drug-likeness (QED) is 0.625. The lowest BCUT2D eigenvalue weighted by molar-refractivity contribution is -0.120. The SMILES string of the molecule is CCN(CC)[C@H](CNC(=O)Cc1coc(-c2ccccc2)n1)c1ccco1. The number of carbonyl (C=O) groups excluding carboxylic acids is 1. The second-order valence-corrected chi connectivity index (χ2v) is 6.24. The van der Waals surface area contributed by atoms with Gasteiger partial charge < -0.3 is 14.2 Å². The maximum Gasteiger partial charge on any atom is 0.226 e. The van der Waals surface area contributed by atoms with Crippen LogP contribution < -0.4 is 5.32 Å². The first-order valence-electron chi connectivity index (χ1n) is 9.25. The van der Waals surface area contributed by atoms with Crippen LogP contribution in [0, 0.1) is 0 Å². The van der Waals surface area contributed by atoms with Crippen LogP contribution in [0.1, 0.15) is 31.3 Å². The van der Waals surface area contributed by atoms with E-state index in [2.05, 4.69) is 29.0 Å². The third-order valence-electron chi connectivity index (χ3n) is 4.53. The van der Waals surface area contributed by atoms with Crippen molar-refractivity contribution in [3.63, 3.8) is 0 Å². The minimum Gasteiger partial charge on any atom is -0.468 e. The van der Waals surface area contributed by atoms with Gasteiger partial charge in [0.05, 0.1) is 24.4 Å². The molecule has 1 aromatic carbocycles. The van der Waals surface area contributed by atoms with Crippen LogP contribution in [0.15, 0.2) is 63.8 Å². The second kappa shape index (κ2) is 9.19. The molecule has 3 rings (SSSR count). The van der Waals surface area contributed by atoms with Crippen molar-refractivity contribution in [3.8, 4) is 11.5 Å². The minimum absolute atomic E-state index is 0.0103. The van der Waals surface area contributed by atoms with Crippen molar-refractivity contribution in [2.24, 2.45) is 0 Å². The summed E-state index contributed by atoms with van der Waals surface area (Å²) in [7, 11) is 0. The van der Waals surface area contributed by atoms with Gasteiger partial charge in [0, 0.05) is 12.1 Å². The predicted octanol–water partition coefficient (Wildman–Crippen LogP) is 3.68. The summed E-state index contributed by atoms with van der Waals surface area (Å²) in [5, 5.41) is 3.00. The average molecular weight is 367 g/mol. The summed E-state index contributed by atoms with van der Waals surface area (Å²) in [6, 6.07) is 13.5. The first-order chi connectivity index (χ1) is 13.2. The minimum atomic E-state index is -0.0911. The summed E-state index contributed by atoms with van der Waals surface area (Å²) in [5.41, 5.74) is 1.51. The molecule has 142 valence electrons. The standard InChI is InChI=1S/C21H25N3O3/c1-3-24(4-2)18(19-11-8-12-26-19)14-22-20(25)13-17-15-27-21(23-17)16-9-6-5-7-10-16/h5-12,15,18H,3-4,13-14H2,1-2H3,(H,22,25)/t18-/m1/s1. The van der Waals surface area contributed by atoms with Crippen LogP contribution in [-0.4, -0.2) is 35.4 Å². The Morgan fingerprint density at radius 2 is 1.89 bits per heavy atom. The molecule has 27 heavy (non-hydrogen) atoms. The number of amides is 1. The van der Waals surface area contributed by atoms with E-state index in [1.807, 2.05) is 42.5 Å². The molecule has 6 nitrogen and oxygen atoms in total. The second-order valence-electron chi connectivity index (χ2n) is 6.24. The van der Waals surface area contributed by atoms with Gasteiger partial charge in [0.15, 0.2) is 0 Å². The van der Waals surface area contributed by atoms with Crippen LogP contribution >= 0.6 is 0 Å². The number of benzene rings is 1. The summed E-state index contributed by atoms with van der Waals surface area (Å²) in [6.07, 6.45) is 3.38. The van der Waals surface area contributed by atoms with E-state index in [9.17, 15) is 4.79 Å². The highest BCUT2D eigenvalue weighted by molar-refractivity contribution is 5.78. The zero-order valence-corrected chi connectivity index (χ0v) is 15.7. The lowest BCUT2D eigenvalue weighted by Crippen LogP contribution is -2.38. The normalized spacial score (nSPS) is 12.3. The highest BCUT2D eigenvalue weighted by Crippen LogP contribution is 2.21. The number of nitrogens with one attached hydrogen (secondary N) is 1. The van der Waals surface area contributed by atoms with E-state index in [0.717, 1.165) is 24.4 Å². The van der Waals surface area contributed by atoms with Gasteiger partial charge in [-0.15, -0.1) is 0 Å². The molecule has 1 N–H and O–H groups in total. The van der Waals surface area contributed by atoms with E-state index in [4.69, 9.17) is 8.83 Å². The van der Waals surface area contributed by atoms with E-state index in [0.29, 0.717) is 18.1 Å². The summed E-state index contributed by atoms with van der Waals surface area (Å²) < 4.78 is 11.1. The number of carbonyl (C=O) groups is 1. The van der Waals surface area contributed by atoms with E-state index in [1.165, 1.54) is 6.26 Å². The number of oxazole rings is 1. The maximum absolute atomic E-state index is 12.4. The Kier molecular flexibility index (Phi) is 6.44. The van der Waals surface area contributed by atoms with E-state index < -0.39 is 0 Å². The van der Waals surface area contributed by atoms with Crippen LogP contribution in [0.3, 0.4) is 0 Å². The molecule has 3 aromatic rings. The number of hydrogen-bond acceptors (Lipinski definition) is 5. The summed E-state index contributed by atoms with van der Waals surface area (Å²) in [4.78, 5) is 19.1. The number of aromatic nitrogens is 1. The Bertz CT molecular complexity index is 824. The molecule has 2 aromatic heterocycles. The number of furan rings is 1. The third kappa shape index (κ3) is 4.86. The zero-order chi connectivity index (χ0) is 19.1. The predicted molar refractivity (Wildman–Crippen MR) is 103 cm³/mol. The molecule has 6 heteroatoms. The van der Waals surface area contributed by atoms with Crippen molar-refractivity contribution in [2.75, 3.05) is 19.6 Å². The lowest BCUT2D eigenvalue weighted by Gasteiger charge is -2.28. The van der Waals surface area contributed by atoms with Crippen molar-refractivity contribution in [1.29, 1.82) is 0 Å². The van der Waals surface area contributed by atoms with Crippen molar-refractivity contribution >= 4 is 5.91 Å². The van der Waals surface area contributed by atoms with Crippen molar-refractivity contribution in [2.45, 2.75) is 26.3 Å². The van der Waals surface area contributed by atoms with E-state index >= 15 is 0 Å². The lowest BCUT2D eigenvalue weighted by atomic mass is 10.1. The first-order valence-corrected chi connectivity index (χ1v) is 9.25. The van der Waals surface area contributed by atoms with Crippen LogP contribution in [-0.2, 0) is 11.2 Å². The Hall–Kier alpha value is -2.86. The molecule has 0 radical (unpaired) electrons. The van der Waals surface area contributed by atoms with Gasteiger partial charge in [-0.2, -0.15) is 0 Å². The number of likely N-dealkylation sites (N-methyl/N-ethyl adjacent to an activating group) is 1. The number of hydrogen-bond donors (Lipinski definition) is 1. The molecule has 0 saturated heterocycles. The fourth-order valence-electron chi connectivity index (χ4n) is 3.09. The van der Waals surface area contributed by atoms with E-state index in [-0.39, 0.29) is 18.4 Å². The number of rotatable bonds is 9. The summed E-state index contributed by atoms with van der Waals surface area (Å²) in [6.45, 7) is 6.43. The third-order valence-corrected chi connectivity index (χ3v) is 4.53. The molecular weight excluding hydrogens is 342 g/mol. The Labute approximate surface area is 159 Å². The molecule has 1 atom stereocenters. The Morgan fingerprint density at radius 3 is 2.56 bits per heavy atom. The van der Waals surface area contributed by atoms with E-state index in [1.54, 1.807) is 6.26 Å². The highest BCUT2D eigenvalue weighted by atomic mass is 16.3. The zero-order valence-electron chi connectivity index (χ0n) is 15.7. The fraction of sp³-hybridized carbons (Fsp3) is 0.333. The van der Waals surface area contributed by atoms with Gasteiger partial charge in [-0.3, -0.25) is 9.69 Å². The molecule has 0 saturated carbocycles. The molecule has 2 heterocycles. The van der Waals surface area contributed by atoms with Gasteiger partial charge in [-0.05, 0) is 37.4 Å². The van der Waals surface area contributed by atoms with Gasteiger partial charge in [0.2, 0.25) is 11.8 Å². The van der Waals surface area contributed by atoms with Gasteiger partial charge in [-0.1, -0.05) is 32.0 Å². The van der Waals surface area contributed by atoms with Gasteiger partial charge in [0.1, 0.15) is 12.0 Å². The smallest absolute Gasteiger partial charge is 0.226 e. The van der Waals surface area contributed by atoms with Crippen LogP contribution in [0.5, 0.6) is 0 Å². The molecule has 0 aliphatic carbocycles. The molecule has 0 fully saturated rings. The van der Waals surface area contributed by atoms with Crippen LogP contribution in [0.4, 0.5) is 0 Å². The summed E-state index contributed by atoms with van der Waals surface area (Å²) in [5.74, 6) is 1.29. The maximum atomic E-state index is 12.4. The number of nitrogens with zero attached hydrogens (tertiary/aromatic N) is 2. The van der Waals surface area contributed by atoms with Crippen LogP contribution in [0.2, 0.25) is 0 Å². The molecule has 0 bridgehead atoms. The highest BCUT2D eigenvalue weighted by Gasteiger charge is 2.21. The largest absolute Gasteiger partial charge is 0.468 e. The fourth-order valence-corrected chi connectivity index (χ4v) is 3.09. The Morgan fingerprint density at radius 1 is 1.11 bits per heavy atom. The molecule has 0 unspecified atom stereocenters.